The van der Waals surface area contributed by atoms with Crippen molar-refractivity contribution in [3.05, 3.63) is 58.9 Å². The minimum atomic E-state index is -0.670. The van der Waals surface area contributed by atoms with E-state index >= 15 is 0 Å². The van der Waals surface area contributed by atoms with Gasteiger partial charge in [0.2, 0.25) is 5.91 Å². The number of carbonyl (C=O) groups is 2. The zero-order chi connectivity index (χ0) is 21.3. The number of likely N-dealkylation sites (tertiary alicyclic amines) is 1. The van der Waals surface area contributed by atoms with E-state index < -0.39 is 11.7 Å². The van der Waals surface area contributed by atoms with Crippen molar-refractivity contribution in [2.45, 2.75) is 52.2 Å². The lowest BCUT2D eigenvalue weighted by molar-refractivity contribution is -0.130. The quantitative estimate of drug-likeness (QED) is 0.628. The van der Waals surface area contributed by atoms with Gasteiger partial charge in [-0.05, 0) is 62.9 Å². The molecule has 29 heavy (non-hydrogen) atoms. The molecule has 1 aliphatic rings. The Bertz CT molecular complexity index is 921. The molecular weight excluding hydrogens is 393 g/mol. The zero-order valence-corrected chi connectivity index (χ0v) is 17.8. The first-order valence-corrected chi connectivity index (χ1v) is 10.0. The summed E-state index contributed by atoms with van der Waals surface area (Å²) in [5, 5.41) is 0.469. The topological polar surface area (TPSA) is 46.6 Å². The Labute approximate surface area is 175 Å². The van der Waals surface area contributed by atoms with E-state index in [-0.39, 0.29) is 23.7 Å². The molecule has 0 radical (unpaired) electrons. The van der Waals surface area contributed by atoms with Gasteiger partial charge in [0, 0.05) is 22.5 Å². The van der Waals surface area contributed by atoms with Gasteiger partial charge in [-0.15, -0.1) is 0 Å². The van der Waals surface area contributed by atoms with Gasteiger partial charge in [0.15, 0.2) is 0 Å². The third kappa shape index (κ3) is 4.96. The van der Waals surface area contributed by atoms with Gasteiger partial charge in [0.1, 0.15) is 11.4 Å². The molecule has 2 amide bonds. The van der Waals surface area contributed by atoms with Crippen LogP contribution in [0.15, 0.2) is 42.5 Å². The number of hydrogen-bond acceptors (Lipinski definition) is 3. The summed E-state index contributed by atoms with van der Waals surface area (Å²) in [6.45, 7) is 7.15. The Hall–Kier alpha value is -2.40. The fraction of sp³-hybridized carbons (Fsp3) is 0.391. The number of benzene rings is 2. The molecular formula is C23H25ClFNO3. The van der Waals surface area contributed by atoms with Crippen LogP contribution in [0, 0.1) is 11.7 Å². The van der Waals surface area contributed by atoms with E-state index in [4.69, 9.17) is 16.3 Å². The fourth-order valence-electron chi connectivity index (χ4n) is 3.57. The van der Waals surface area contributed by atoms with Gasteiger partial charge < -0.3 is 4.74 Å². The molecule has 4 nitrogen and oxygen atoms in total. The predicted octanol–water partition coefficient (Wildman–Crippen LogP) is 5.86. The van der Waals surface area contributed by atoms with Gasteiger partial charge in [0.05, 0.1) is 0 Å². The van der Waals surface area contributed by atoms with Crippen LogP contribution in [0.4, 0.5) is 9.18 Å². The maximum Gasteiger partial charge on any atom is 0.417 e. The second-order valence-corrected chi connectivity index (χ2v) is 8.94. The van der Waals surface area contributed by atoms with Crippen LogP contribution >= 0.6 is 11.6 Å². The van der Waals surface area contributed by atoms with Crippen LogP contribution in [-0.4, -0.2) is 28.5 Å². The van der Waals surface area contributed by atoms with E-state index in [1.165, 1.54) is 17.0 Å². The first-order chi connectivity index (χ1) is 13.5. The van der Waals surface area contributed by atoms with Gasteiger partial charge in [-0.3, -0.25) is 4.79 Å². The van der Waals surface area contributed by atoms with Crippen LogP contribution in [0.1, 0.15) is 39.7 Å². The average molecular weight is 418 g/mol. The largest absolute Gasteiger partial charge is 0.443 e. The average Bonchev–Trinajstić information content (AvgIpc) is 2.90. The van der Waals surface area contributed by atoms with Crippen molar-refractivity contribution >= 4 is 23.6 Å². The third-order valence-corrected chi connectivity index (χ3v) is 5.14. The van der Waals surface area contributed by atoms with Gasteiger partial charge in [-0.2, -0.15) is 0 Å². The number of amides is 2. The molecule has 1 heterocycles. The molecule has 1 saturated heterocycles. The number of hydrogen-bond donors (Lipinski definition) is 0. The summed E-state index contributed by atoms with van der Waals surface area (Å²) in [6, 6.07) is 11.6. The van der Waals surface area contributed by atoms with Crippen LogP contribution in [-0.2, 0) is 16.0 Å². The Morgan fingerprint density at radius 1 is 1.21 bits per heavy atom. The molecule has 2 aromatic rings. The van der Waals surface area contributed by atoms with Gasteiger partial charge >= 0.3 is 6.09 Å². The first kappa shape index (κ1) is 21.3. The van der Waals surface area contributed by atoms with E-state index in [0.717, 1.165) is 5.56 Å². The molecule has 0 aromatic heterocycles. The second kappa shape index (κ2) is 8.15. The molecule has 154 valence electrons. The summed E-state index contributed by atoms with van der Waals surface area (Å²) in [6.07, 6.45) is 0.505. The van der Waals surface area contributed by atoms with Crippen LogP contribution < -0.4 is 0 Å². The van der Waals surface area contributed by atoms with Crippen LogP contribution in [0.25, 0.3) is 11.1 Å². The van der Waals surface area contributed by atoms with Crippen LogP contribution in [0.5, 0.6) is 0 Å². The maximum absolute atomic E-state index is 14.1. The standard InChI is InChI=1S/C23H25ClFNO3/c1-14-11-18(26(21(14)27)22(28)29-23(2,3)4)12-15-5-7-16(8-6-15)19-13-17(24)9-10-20(19)25/h5-10,13-14,18H,11-12H2,1-4H3/t14-,18-/m0/s1. The lowest BCUT2D eigenvalue weighted by Gasteiger charge is -2.27. The Balaban J connectivity index is 1.78. The maximum atomic E-state index is 14.1. The Morgan fingerprint density at radius 3 is 2.48 bits per heavy atom. The molecule has 0 N–H and O–H groups in total. The summed E-state index contributed by atoms with van der Waals surface area (Å²) in [7, 11) is 0. The fourth-order valence-corrected chi connectivity index (χ4v) is 3.74. The summed E-state index contributed by atoms with van der Waals surface area (Å²) >= 11 is 5.98. The van der Waals surface area contributed by atoms with Crippen molar-refractivity contribution in [1.29, 1.82) is 0 Å². The molecule has 0 aliphatic carbocycles. The van der Waals surface area contributed by atoms with Gasteiger partial charge in [0.25, 0.3) is 0 Å². The molecule has 2 atom stereocenters. The molecule has 2 aromatic carbocycles. The van der Waals surface area contributed by atoms with Crippen molar-refractivity contribution in [3.63, 3.8) is 0 Å². The molecule has 6 heteroatoms. The normalized spacial score (nSPS) is 19.5. The highest BCUT2D eigenvalue weighted by atomic mass is 35.5. The van der Waals surface area contributed by atoms with E-state index in [1.807, 2.05) is 31.2 Å². The number of halogens is 2. The molecule has 1 aliphatic heterocycles. The van der Waals surface area contributed by atoms with Crippen molar-refractivity contribution in [3.8, 4) is 11.1 Å². The number of imide groups is 1. The molecule has 0 bridgehead atoms. The minimum Gasteiger partial charge on any atom is -0.443 e. The highest BCUT2D eigenvalue weighted by molar-refractivity contribution is 6.30. The number of carbonyl (C=O) groups excluding carboxylic acids is 2. The third-order valence-electron chi connectivity index (χ3n) is 4.90. The lowest BCUT2D eigenvalue weighted by Crippen LogP contribution is -2.43. The molecule has 3 rings (SSSR count). The smallest absolute Gasteiger partial charge is 0.417 e. The molecule has 0 saturated carbocycles. The van der Waals surface area contributed by atoms with Gasteiger partial charge in [-0.1, -0.05) is 42.8 Å². The summed E-state index contributed by atoms with van der Waals surface area (Å²) in [4.78, 5) is 26.3. The monoisotopic (exact) mass is 417 g/mol. The predicted molar refractivity (Wildman–Crippen MR) is 111 cm³/mol. The van der Waals surface area contributed by atoms with E-state index in [0.29, 0.717) is 29.0 Å². The Kier molecular flexibility index (Phi) is 5.99. The SMILES string of the molecule is C[C@H]1C[C@@H](Cc2ccc(-c3cc(Cl)ccc3F)cc2)N(C(=O)OC(C)(C)C)C1=O. The zero-order valence-electron chi connectivity index (χ0n) is 17.0. The Morgan fingerprint density at radius 2 is 1.86 bits per heavy atom. The summed E-state index contributed by atoms with van der Waals surface area (Å²) < 4.78 is 19.5. The molecule has 0 spiro atoms. The van der Waals surface area contributed by atoms with Crippen molar-refractivity contribution in [2.75, 3.05) is 0 Å². The number of ether oxygens (including phenoxy) is 1. The van der Waals surface area contributed by atoms with Crippen molar-refractivity contribution < 1.29 is 18.7 Å². The van der Waals surface area contributed by atoms with E-state index in [2.05, 4.69) is 0 Å². The highest BCUT2D eigenvalue weighted by Crippen LogP contribution is 2.30. The minimum absolute atomic E-state index is 0.207. The second-order valence-electron chi connectivity index (χ2n) is 8.50. The molecule has 1 fully saturated rings. The van der Waals surface area contributed by atoms with Crippen molar-refractivity contribution in [2.24, 2.45) is 5.92 Å². The first-order valence-electron chi connectivity index (χ1n) is 9.65. The summed E-state index contributed by atoms with van der Waals surface area (Å²) in [5.41, 5.74) is 1.44. The number of rotatable bonds is 3. The van der Waals surface area contributed by atoms with Crippen molar-refractivity contribution in [1.82, 2.24) is 4.90 Å². The van der Waals surface area contributed by atoms with Crippen LogP contribution in [0.2, 0.25) is 5.02 Å². The van der Waals surface area contributed by atoms with E-state index in [9.17, 15) is 14.0 Å². The molecule has 0 unspecified atom stereocenters. The van der Waals surface area contributed by atoms with Gasteiger partial charge in [-0.25, -0.2) is 14.1 Å². The lowest BCUT2D eigenvalue weighted by atomic mass is 9.98. The highest BCUT2D eigenvalue weighted by Gasteiger charge is 2.42. The number of nitrogens with zero attached hydrogens (tertiary/aromatic N) is 1. The van der Waals surface area contributed by atoms with E-state index in [1.54, 1.807) is 26.8 Å². The van der Waals surface area contributed by atoms with Crippen LogP contribution in [0.3, 0.4) is 0 Å². The summed E-state index contributed by atoms with van der Waals surface area (Å²) in [5.74, 6) is -0.775.